The van der Waals surface area contributed by atoms with Crippen LogP contribution in [0.2, 0.25) is 0 Å². The van der Waals surface area contributed by atoms with Crippen molar-refractivity contribution < 1.29 is 0 Å². The number of rotatable bonds is 6. The maximum atomic E-state index is 6.38. The van der Waals surface area contributed by atoms with Crippen LogP contribution in [-0.4, -0.2) is 20.3 Å². The summed E-state index contributed by atoms with van der Waals surface area (Å²) in [7, 11) is 0. The zero-order chi connectivity index (χ0) is 13.1. The van der Waals surface area contributed by atoms with E-state index in [1.807, 2.05) is 4.68 Å². The second-order valence-electron chi connectivity index (χ2n) is 5.74. The Kier molecular flexibility index (Phi) is 4.69. The van der Waals surface area contributed by atoms with Gasteiger partial charge in [0.25, 0.3) is 0 Å². The maximum Gasteiger partial charge on any atom is 0.138 e. The van der Waals surface area contributed by atoms with Gasteiger partial charge in [-0.05, 0) is 18.8 Å². The van der Waals surface area contributed by atoms with Gasteiger partial charge < -0.3 is 5.73 Å². The van der Waals surface area contributed by atoms with Crippen LogP contribution in [0.25, 0.3) is 0 Å². The summed E-state index contributed by atoms with van der Waals surface area (Å²) < 4.78 is 1.98. The molecule has 1 rings (SSSR count). The van der Waals surface area contributed by atoms with E-state index in [9.17, 15) is 0 Å². The fraction of sp³-hybridized carbons (Fsp3) is 0.846. The first kappa shape index (κ1) is 14.2. The molecule has 0 bridgehead atoms. The van der Waals surface area contributed by atoms with E-state index in [2.05, 4.69) is 44.7 Å². The summed E-state index contributed by atoms with van der Waals surface area (Å²) >= 11 is 0. The minimum Gasteiger partial charge on any atom is -0.325 e. The van der Waals surface area contributed by atoms with Gasteiger partial charge in [-0.3, -0.25) is 0 Å². The normalized spacial score (nSPS) is 17.1. The first-order chi connectivity index (χ1) is 7.86. The quantitative estimate of drug-likeness (QED) is 0.827. The number of nitrogens with zero attached hydrogens (tertiary/aromatic N) is 3. The Bertz CT molecular complexity index is 341. The van der Waals surface area contributed by atoms with Gasteiger partial charge in [0.05, 0.1) is 0 Å². The van der Waals surface area contributed by atoms with Gasteiger partial charge in [0.15, 0.2) is 0 Å². The van der Waals surface area contributed by atoms with Crippen LogP contribution in [0.3, 0.4) is 0 Å². The molecule has 1 aromatic rings. The van der Waals surface area contributed by atoms with Gasteiger partial charge in [0.2, 0.25) is 0 Å². The molecule has 17 heavy (non-hydrogen) atoms. The molecule has 0 fully saturated rings. The Balaban J connectivity index is 2.77. The predicted molar refractivity (Wildman–Crippen MR) is 70.6 cm³/mol. The van der Waals surface area contributed by atoms with Crippen molar-refractivity contribution in [1.29, 1.82) is 0 Å². The van der Waals surface area contributed by atoms with Crippen LogP contribution in [0.1, 0.15) is 46.9 Å². The third-order valence-corrected chi connectivity index (χ3v) is 3.51. The molecule has 0 spiro atoms. The Morgan fingerprint density at radius 2 is 2.06 bits per heavy atom. The van der Waals surface area contributed by atoms with Crippen LogP contribution < -0.4 is 5.73 Å². The van der Waals surface area contributed by atoms with Crippen LogP contribution in [0.4, 0.5) is 0 Å². The molecule has 0 aliphatic heterocycles. The number of aromatic nitrogens is 3. The van der Waals surface area contributed by atoms with Gasteiger partial charge in [-0.15, -0.1) is 0 Å². The third kappa shape index (κ3) is 3.80. The molecule has 0 aromatic carbocycles. The Hall–Kier alpha value is -0.900. The van der Waals surface area contributed by atoms with Gasteiger partial charge in [-0.2, -0.15) is 5.10 Å². The van der Waals surface area contributed by atoms with Crippen molar-refractivity contribution in [3.05, 3.63) is 12.2 Å². The average molecular weight is 238 g/mol. The second-order valence-corrected chi connectivity index (χ2v) is 5.74. The van der Waals surface area contributed by atoms with E-state index in [1.165, 1.54) is 0 Å². The summed E-state index contributed by atoms with van der Waals surface area (Å²) in [6.45, 7) is 11.8. The summed E-state index contributed by atoms with van der Waals surface area (Å²) in [6, 6.07) is 0. The molecule has 2 atom stereocenters. The molecule has 2 N–H and O–H groups in total. The average Bonchev–Trinajstić information content (AvgIpc) is 2.63. The molecule has 0 saturated heterocycles. The number of nitrogens with two attached hydrogens (primary N) is 1. The summed E-state index contributed by atoms with van der Waals surface area (Å²) in [5.74, 6) is 2.05. The van der Waals surface area contributed by atoms with Crippen LogP contribution in [0, 0.1) is 11.8 Å². The number of hydrogen-bond donors (Lipinski definition) is 1. The van der Waals surface area contributed by atoms with E-state index in [0.29, 0.717) is 11.8 Å². The van der Waals surface area contributed by atoms with Crippen molar-refractivity contribution in [1.82, 2.24) is 14.8 Å². The molecule has 0 aliphatic carbocycles. The largest absolute Gasteiger partial charge is 0.325 e. The third-order valence-electron chi connectivity index (χ3n) is 3.51. The topological polar surface area (TPSA) is 56.7 Å². The van der Waals surface area contributed by atoms with Gasteiger partial charge in [-0.25, -0.2) is 9.67 Å². The lowest BCUT2D eigenvalue weighted by Gasteiger charge is -2.30. The lowest BCUT2D eigenvalue weighted by molar-refractivity contribution is 0.294. The molecule has 0 radical (unpaired) electrons. The Labute approximate surface area is 105 Å². The van der Waals surface area contributed by atoms with E-state index >= 15 is 0 Å². The van der Waals surface area contributed by atoms with Crippen LogP contribution in [-0.2, 0) is 13.0 Å². The molecule has 2 unspecified atom stereocenters. The molecule has 0 amide bonds. The molecule has 0 aliphatic rings. The molecular formula is C13H26N4. The summed E-state index contributed by atoms with van der Waals surface area (Å²) in [6.07, 6.45) is 3.50. The summed E-state index contributed by atoms with van der Waals surface area (Å²) in [5.41, 5.74) is 6.17. The lowest BCUT2D eigenvalue weighted by atomic mass is 9.83. The molecule has 1 aromatic heterocycles. The maximum absolute atomic E-state index is 6.38. The zero-order valence-electron chi connectivity index (χ0n) is 11.8. The van der Waals surface area contributed by atoms with Crippen molar-refractivity contribution in [3.63, 3.8) is 0 Å². The van der Waals surface area contributed by atoms with Crippen molar-refractivity contribution in [2.75, 3.05) is 0 Å². The molecule has 98 valence electrons. The Morgan fingerprint density at radius 1 is 1.41 bits per heavy atom. The first-order valence-corrected chi connectivity index (χ1v) is 6.52. The molecule has 1 heterocycles. The predicted octanol–water partition coefficient (Wildman–Crippen LogP) is 2.24. The van der Waals surface area contributed by atoms with Crippen molar-refractivity contribution >= 4 is 0 Å². The lowest BCUT2D eigenvalue weighted by Crippen LogP contribution is -2.45. The highest BCUT2D eigenvalue weighted by atomic mass is 15.3. The minimum absolute atomic E-state index is 0.212. The highest BCUT2D eigenvalue weighted by Crippen LogP contribution is 2.21. The van der Waals surface area contributed by atoms with E-state index in [4.69, 9.17) is 5.73 Å². The van der Waals surface area contributed by atoms with Gasteiger partial charge in [0, 0.05) is 18.5 Å². The smallest absolute Gasteiger partial charge is 0.138 e. The van der Waals surface area contributed by atoms with Crippen LogP contribution >= 0.6 is 0 Å². The van der Waals surface area contributed by atoms with Crippen molar-refractivity contribution in [3.8, 4) is 0 Å². The highest BCUT2D eigenvalue weighted by Gasteiger charge is 2.27. The van der Waals surface area contributed by atoms with Gasteiger partial charge in [-0.1, -0.05) is 34.1 Å². The van der Waals surface area contributed by atoms with E-state index in [1.54, 1.807) is 6.33 Å². The second kappa shape index (κ2) is 5.63. The molecule has 4 heteroatoms. The standard InChI is InChI=1S/C13H26N4/c1-6-11(4)13(5,14)7-12-15-9-16-17(12)8-10(2)3/h9-11H,6-8,14H2,1-5H3. The Morgan fingerprint density at radius 3 is 2.59 bits per heavy atom. The molecule has 4 nitrogen and oxygen atoms in total. The van der Waals surface area contributed by atoms with Crippen LogP contribution in [0.15, 0.2) is 6.33 Å². The van der Waals surface area contributed by atoms with E-state index in [0.717, 1.165) is 25.2 Å². The van der Waals surface area contributed by atoms with Gasteiger partial charge >= 0.3 is 0 Å². The molecule has 0 saturated carbocycles. The highest BCUT2D eigenvalue weighted by molar-refractivity contribution is 4.97. The summed E-state index contributed by atoms with van der Waals surface area (Å²) in [5, 5.41) is 4.28. The summed E-state index contributed by atoms with van der Waals surface area (Å²) in [4.78, 5) is 4.34. The fourth-order valence-electron chi connectivity index (χ4n) is 1.90. The van der Waals surface area contributed by atoms with Gasteiger partial charge in [0.1, 0.15) is 12.2 Å². The van der Waals surface area contributed by atoms with E-state index in [-0.39, 0.29) is 5.54 Å². The minimum atomic E-state index is -0.212. The zero-order valence-corrected chi connectivity index (χ0v) is 11.8. The van der Waals surface area contributed by atoms with Crippen LogP contribution in [0.5, 0.6) is 0 Å². The van der Waals surface area contributed by atoms with Crippen molar-refractivity contribution in [2.45, 2.75) is 59.5 Å². The monoisotopic (exact) mass is 238 g/mol. The number of hydrogen-bond acceptors (Lipinski definition) is 3. The fourth-order valence-corrected chi connectivity index (χ4v) is 1.90. The SMILES string of the molecule is CCC(C)C(C)(N)Cc1ncnn1CC(C)C. The van der Waals surface area contributed by atoms with E-state index < -0.39 is 0 Å². The van der Waals surface area contributed by atoms with Crippen molar-refractivity contribution in [2.24, 2.45) is 17.6 Å². The molecular weight excluding hydrogens is 212 g/mol. The first-order valence-electron chi connectivity index (χ1n) is 6.52.